The summed E-state index contributed by atoms with van der Waals surface area (Å²) < 4.78 is 6.32. The lowest BCUT2D eigenvalue weighted by molar-refractivity contribution is 0.0733. The molecule has 190 valence electrons. The highest BCUT2D eigenvalue weighted by Gasteiger charge is 2.12. The van der Waals surface area contributed by atoms with Crippen LogP contribution in [0.4, 0.5) is 5.69 Å². The Bertz CT molecular complexity index is 1510. The summed E-state index contributed by atoms with van der Waals surface area (Å²) in [4.78, 5) is 37.5. The normalized spacial score (nSPS) is 10.7. The number of esters is 1. The highest BCUT2D eigenvalue weighted by atomic mass is 79.9. The summed E-state index contributed by atoms with van der Waals surface area (Å²) in [5.74, 6) is -0.874. The average molecular weight is 570 g/mol. The topological polar surface area (TPSA) is 96.9 Å². The molecule has 0 atom stereocenters. The molecule has 0 saturated carbocycles. The van der Waals surface area contributed by atoms with Gasteiger partial charge in [-0.15, -0.1) is 0 Å². The number of carbonyl (C=O) groups excluding carboxylic acids is 3. The molecule has 0 spiro atoms. The SMILES string of the molecule is Cc1ccc(C(=O)Nc2ccc(C(=O)N/N=C\c3cc(Br)ccc3OC(=O)c3cccc(C)c3)cc2)cc1. The monoisotopic (exact) mass is 569 g/mol. The van der Waals surface area contributed by atoms with Gasteiger partial charge >= 0.3 is 5.97 Å². The minimum absolute atomic E-state index is 0.236. The fourth-order valence-corrected chi connectivity index (χ4v) is 3.86. The Morgan fingerprint density at radius 1 is 0.763 bits per heavy atom. The summed E-state index contributed by atoms with van der Waals surface area (Å²) in [6.45, 7) is 3.85. The highest BCUT2D eigenvalue weighted by Crippen LogP contribution is 2.23. The lowest BCUT2D eigenvalue weighted by Gasteiger charge is -2.09. The van der Waals surface area contributed by atoms with Crippen LogP contribution in [-0.4, -0.2) is 24.0 Å². The first-order chi connectivity index (χ1) is 18.3. The zero-order valence-electron chi connectivity index (χ0n) is 20.7. The number of amides is 2. The summed E-state index contributed by atoms with van der Waals surface area (Å²) in [6, 6.07) is 25.9. The minimum Gasteiger partial charge on any atom is -0.422 e. The van der Waals surface area contributed by atoms with Gasteiger partial charge in [-0.3, -0.25) is 9.59 Å². The molecular weight excluding hydrogens is 546 g/mol. The van der Waals surface area contributed by atoms with Crippen molar-refractivity contribution >= 4 is 45.6 Å². The number of hydrogen-bond acceptors (Lipinski definition) is 5. The molecule has 38 heavy (non-hydrogen) atoms. The van der Waals surface area contributed by atoms with Crippen molar-refractivity contribution < 1.29 is 19.1 Å². The standard InChI is InChI=1S/C30H24BrN3O4/c1-19-6-8-21(9-7-19)28(35)33-26-13-10-22(11-14-26)29(36)34-32-18-24-17-25(31)12-15-27(24)38-30(37)23-5-3-4-20(2)16-23/h3-18H,1-2H3,(H,33,35)(H,34,36)/b32-18-. The predicted octanol–water partition coefficient (Wildman–Crippen LogP) is 6.30. The van der Waals surface area contributed by atoms with Gasteiger partial charge in [0.15, 0.2) is 0 Å². The van der Waals surface area contributed by atoms with Crippen LogP contribution in [0.15, 0.2) is 101 Å². The Labute approximate surface area is 228 Å². The molecule has 0 bridgehead atoms. The molecule has 2 amide bonds. The first-order valence-electron chi connectivity index (χ1n) is 11.7. The lowest BCUT2D eigenvalue weighted by Crippen LogP contribution is -2.18. The molecule has 0 saturated heterocycles. The molecule has 7 nitrogen and oxygen atoms in total. The lowest BCUT2D eigenvalue weighted by atomic mass is 10.1. The minimum atomic E-state index is -0.496. The van der Waals surface area contributed by atoms with Gasteiger partial charge in [-0.2, -0.15) is 5.10 Å². The summed E-state index contributed by atoms with van der Waals surface area (Å²) in [5.41, 5.74) is 6.87. The number of hydrazone groups is 1. The second-order valence-corrected chi connectivity index (χ2v) is 9.45. The van der Waals surface area contributed by atoms with Crippen molar-refractivity contribution in [2.24, 2.45) is 5.10 Å². The van der Waals surface area contributed by atoms with Crippen molar-refractivity contribution in [3.8, 4) is 5.75 Å². The summed E-state index contributed by atoms with van der Waals surface area (Å²) >= 11 is 3.40. The number of nitrogens with zero attached hydrogens (tertiary/aromatic N) is 1. The van der Waals surface area contributed by atoms with E-state index in [4.69, 9.17) is 4.74 Å². The van der Waals surface area contributed by atoms with Crippen LogP contribution in [0.2, 0.25) is 0 Å². The van der Waals surface area contributed by atoms with Gasteiger partial charge in [0.05, 0.1) is 11.8 Å². The van der Waals surface area contributed by atoms with Crippen LogP contribution in [0, 0.1) is 13.8 Å². The first-order valence-corrected chi connectivity index (χ1v) is 12.5. The molecule has 0 fully saturated rings. The van der Waals surface area contributed by atoms with Gasteiger partial charge in [0.25, 0.3) is 11.8 Å². The fraction of sp³-hybridized carbons (Fsp3) is 0.0667. The smallest absolute Gasteiger partial charge is 0.343 e. The Balaban J connectivity index is 1.38. The third-order valence-electron chi connectivity index (χ3n) is 5.52. The number of hydrogen-bond donors (Lipinski definition) is 2. The van der Waals surface area contributed by atoms with E-state index < -0.39 is 11.9 Å². The number of rotatable bonds is 7. The zero-order valence-corrected chi connectivity index (χ0v) is 22.3. The maximum atomic E-state index is 12.6. The van der Waals surface area contributed by atoms with Crippen LogP contribution in [0.25, 0.3) is 0 Å². The Morgan fingerprint density at radius 3 is 2.16 bits per heavy atom. The maximum absolute atomic E-state index is 12.6. The summed E-state index contributed by atoms with van der Waals surface area (Å²) in [6.07, 6.45) is 1.40. The second kappa shape index (κ2) is 12.1. The van der Waals surface area contributed by atoms with Gasteiger partial charge in [0, 0.05) is 26.9 Å². The van der Waals surface area contributed by atoms with Crippen LogP contribution < -0.4 is 15.5 Å². The Kier molecular flexibility index (Phi) is 8.45. The van der Waals surface area contributed by atoms with Gasteiger partial charge in [-0.1, -0.05) is 51.3 Å². The van der Waals surface area contributed by atoms with E-state index in [1.165, 1.54) is 6.21 Å². The van der Waals surface area contributed by atoms with Gasteiger partial charge in [0.2, 0.25) is 0 Å². The van der Waals surface area contributed by atoms with Crippen molar-refractivity contribution in [3.05, 3.63) is 129 Å². The van der Waals surface area contributed by atoms with Crippen LogP contribution in [0.1, 0.15) is 47.8 Å². The molecule has 0 heterocycles. The molecule has 4 aromatic carbocycles. The van der Waals surface area contributed by atoms with Crippen LogP contribution in [-0.2, 0) is 0 Å². The van der Waals surface area contributed by atoms with Crippen molar-refractivity contribution in [2.45, 2.75) is 13.8 Å². The highest BCUT2D eigenvalue weighted by molar-refractivity contribution is 9.10. The number of carbonyl (C=O) groups is 3. The number of benzene rings is 4. The van der Waals surface area contributed by atoms with Gasteiger partial charge in [-0.25, -0.2) is 10.2 Å². The van der Waals surface area contributed by atoms with E-state index in [0.717, 1.165) is 15.6 Å². The van der Waals surface area contributed by atoms with Crippen molar-refractivity contribution in [1.29, 1.82) is 0 Å². The van der Waals surface area contributed by atoms with Crippen LogP contribution >= 0.6 is 15.9 Å². The molecule has 0 aromatic heterocycles. The molecule has 0 unspecified atom stereocenters. The molecule has 0 aliphatic rings. The fourth-order valence-electron chi connectivity index (χ4n) is 3.48. The summed E-state index contributed by atoms with van der Waals surface area (Å²) in [7, 11) is 0. The number of ether oxygens (including phenoxy) is 1. The van der Waals surface area contributed by atoms with Gasteiger partial charge < -0.3 is 10.1 Å². The number of halogens is 1. The van der Waals surface area contributed by atoms with E-state index >= 15 is 0 Å². The third kappa shape index (κ3) is 7.02. The third-order valence-corrected chi connectivity index (χ3v) is 6.01. The molecule has 0 aliphatic heterocycles. The molecule has 4 rings (SSSR count). The average Bonchev–Trinajstić information content (AvgIpc) is 2.90. The van der Waals surface area contributed by atoms with Crippen LogP contribution in [0.3, 0.4) is 0 Å². The molecular formula is C30H24BrN3O4. The van der Waals surface area contributed by atoms with Crippen molar-refractivity contribution in [3.63, 3.8) is 0 Å². The Hall–Kier alpha value is -4.56. The predicted molar refractivity (Wildman–Crippen MR) is 151 cm³/mol. The van der Waals surface area contributed by atoms with Gasteiger partial charge in [-0.05, 0) is 80.6 Å². The largest absolute Gasteiger partial charge is 0.422 e. The molecule has 8 heteroatoms. The molecule has 2 N–H and O–H groups in total. The summed E-state index contributed by atoms with van der Waals surface area (Å²) in [5, 5.41) is 6.83. The quantitative estimate of drug-likeness (QED) is 0.118. The number of nitrogens with one attached hydrogen (secondary N) is 2. The van der Waals surface area contributed by atoms with E-state index in [2.05, 4.69) is 31.8 Å². The molecule has 0 radical (unpaired) electrons. The Morgan fingerprint density at radius 2 is 1.45 bits per heavy atom. The number of aryl methyl sites for hydroxylation is 2. The van der Waals surface area contributed by atoms with E-state index in [1.54, 1.807) is 72.8 Å². The molecule has 0 aliphatic carbocycles. The first kappa shape index (κ1) is 26.5. The van der Waals surface area contributed by atoms with E-state index in [-0.39, 0.29) is 5.91 Å². The van der Waals surface area contributed by atoms with E-state index in [1.807, 2.05) is 32.0 Å². The van der Waals surface area contributed by atoms with Crippen LogP contribution in [0.5, 0.6) is 5.75 Å². The maximum Gasteiger partial charge on any atom is 0.343 e. The zero-order chi connectivity index (χ0) is 27.1. The van der Waals surface area contributed by atoms with E-state index in [9.17, 15) is 14.4 Å². The molecule has 4 aromatic rings. The van der Waals surface area contributed by atoms with Crippen molar-refractivity contribution in [2.75, 3.05) is 5.32 Å². The number of anilines is 1. The van der Waals surface area contributed by atoms with Crippen molar-refractivity contribution in [1.82, 2.24) is 5.43 Å². The van der Waals surface area contributed by atoms with E-state index in [0.29, 0.717) is 33.7 Å². The van der Waals surface area contributed by atoms with Gasteiger partial charge in [0.1, 0.15) is 5.75 Å². The second-order valence-electron chi connectivity index (χ2n) is 8.54.